The lowest BCUT2D eigenvalue weighted by Crippen LogP contribution is -2.06. The molecule has 0 radical (unpaired) electrons. The minimum Gasteiger partial charge on any atom is -0.384 e. The van der Waals surface area contributed by atoms with Crippen molar-refractivity contribution < 1.29 is 0 Å². The monoisotopic (exact) mass is 275 g/mol. The number of nitrogens with zero attached hydrogens (tertiary/aromatic N) is 2. The molecule has 0 saturated heterocycles. The summed E-state index contributed by atoms with van der Waals surface area (Å²) in [5.74, 6) is 0. The topological polar surface area (TPSA) is 48.7 Å². The predicted molar refractivity (Wildman–Crippen MR) is 77.2 cm³/mol. The molecule has 1 N–H and O–H groups in total. The smallest absolute Gasteiger partial charge is 0.102 e. The van der Waals surface area contributed by atoms with Gasteiger partial charge in [0.1, 0.15) is 6.07 Å². The molecule has 0 spiro atoms. The average Bonchev–Trinajstić information content (AvgIpc) is 2.91. The summed E-state index contributed by atoms with van der Waals surface area (Å²) in [6.45, 7) is 0.788. The standard InChI is InChI=1S/C13H13N3S2/c1-17-13-4-2-3-12(11(13)7-14)15-6-5-10-8-18-9-16-10/h2-4,8-9,15H,5-6H2,1H3. The number of hydrogen-bond donors (Lipinski definition) is 1. The summed E-state index contributed by atoms with van der Waals surface area (Å²) in [7, 11) is 0. The molecule has 1 aromatic carbocycles. The number of benzene rings is 1. The molecule has 0 fully saturated rings. The first-order chi connectivity index (χ1) is 8.85. The zero-order valence-electron chi connectivity index (χ0n) is 10.0. The van der Waals surface area contributed by atoms with Gasteiger partial charge in [-0.25, -0.2) is 4.98 Å². The third-order valence-electron chi connectivity index (χ3n) is 2.54. The Morgan fingerprint density at radius 2 is 2.39 bits per heavy atom. The molecular weight excluding hydrogens is 262 g/mol. The highest BCUT2D eigenvalue weighted by atomic mass is 32.2. The lowest BCUT2D eigenvalue weighted by Gasteiger charge is -2.09. The molecule has 92 valence electrons. The minimum atomic E-state index is 0.725. The van der Waals surface area contributed by atoms with Gasteiger partial charge in [-0.3, -0.25) is 0 Å². The van der Waals surface area contributed by atoms with Crippen LogP contribution in [0.5, 0.6) is 0 Å². The van der Waals surface area contributed by atoms with Gasteiger partial charge in [0.15, 0.2) is 0 Å². The number of aromatic nitrogens is 1. The Hall–Kier alpha value is -1.51. The average molecular weight is 275 g/mol. The summed E-state index contributed by atoms with van der Waals surface area (Å²) in [4.78, 5) is 5.24. The van der Waals surface area contributed by atoms with E-state index in [4.69, 9.17) is 0 Å². The Morgan fingerprint density at radius 3 is 3.06 bits per heavy atom. The summed E-state index contributed by atoms with van der Waals surface area (Å²) in [5.41, 5.74) is 4.56. The van der Waals surface area contributed by atoms with Crippen LogP contribution < -0.4 is 5.32 Å². The van der Waals surface area contributed by atoms with Gasteiger partial charge < -0.3 is 5.32 Å². The van der Waals surface area contributed by atoms with Crippen LogP contribution in [0.15, 0.2) is 34.0 Å². The minimum absolute atomic E-state index is 0.725. The van der Waals surface area contributed by atoms with Gasteiger partial charge in [0.2, 0.25) is 0 Å². The van der Waals surface area contributed by atoms with E-state index in [1.807, 2.05) is 35.3 Å². The maximum Gasteiger partial charge on any atom is 0.102 e. The summed E-state index contributed by atoms with van der Waals surface area (Å²) in [6.07, 6.45) is 2.85. The maximum atomic E-state index is 9.20. The van der Waals surface area contributed by atoms with Crippen molar-refractivity contribution in [1.82, 2.24) is 4.98 Å². The van der Waals surface area contributed by atoms with Gasteiger partial charge in [-0.15, -0.1) is 23.1 Å². The van der Waals surface area contributed by atoms with Crippen molar-refractivity contribution in [3.8, 4) is 6.07 Å². The highest BCUT2D eigenvalue weighted by Crippen LogP contribution is 2.26. The Bertz CT molecular complexity index is 544. The van der Waals surface area contributed by atoms with E-state index >= 15 is 0 Å². The fraction of sp³-hybridized carbons (Fsp3) is 0.231. The van der Waals surface area contributed by atoms with Crippen LogP contribution in [-0.4, -0.2) is 17.8 Å². The van der Waals surface area contributed by atoms with E-state index in [9.17, 15) is 5.26 Å². The normalized spacial score (nSPS) is 10.0. The van der Waals surface area contributed by atoms with Gasteiger partial charge in [-0.2, -0.15) is 5.26 Å². The highest BCUT2D eigenvalue weighted by molar-refractivity contribution is 7.98. The van der Waals surface area contributed by atoms with Gasteiger partial charge >= 0.3 is 0 Å². The second kappa shape index (κ2) is 6.43. The van der Waals surface area contributed by atoms with E-state index in [1.165, 1.54) is 0 Å². The van der Waals surface area contributed by atoms with Crippen molar-refractivity contribution in [3.05, 3.63) is 40.3 Å². The van der Waals surface area contributed by atoms with Gasteiger partial charge in [-0.05, 0) is 18.4 Å². The van der Waals surface area contributed by atoms with Crippen molar-refractivity contribution in [1.29, 1.82) is 5.26 Å². The van der Waals surface area contributed by atoms with Crippen molar-refractivity contribution in [2.24, 2.45) is 0 Å². The second-order valence-corrected chi connectivity index (χ2v) is 5.22. The zero-order chi connectivity index (χ0) is 12.8. The van der Waals surface area contributed by atoms with Crippen LogP contribution in [0.4, 0.5) is 5.69 Å². The molecule has 1 heterocycles. The third kappa shape index (κ3) is 3.03. The van der Waals surface area contributed by atoms with Crippen LogP contribution in [0.2, 0.25) is 0 Å². The van der Waals surface area contributed by atoms with Crippen molar-refractivity contribution >= 4 is 28.8 Å². The Labute approximate surface area is 115 Å². The number of nitrogens with one attached hydrogen (secondary N) is 1. The Kier molecular flexibility index (Phi) is 4.62. The molecule has 0 aliphatic carbocycles. The van der Waals surface area contributed by atoms with Crippen LogP contribution in [-0.2, 0) is 6.42 Å². The molecule has 0 saturated carbocycles. The van der Waals surface area contributed by atoms with Gasteiger partial charge in [-0.1, -0.05) is 6.07 Å². The highest BCUT2D eigenvalue weighted by Gasteiger charge is 2.06. The molecule has 0 atom stereocenters. The molecule has 0 unspecified atom stereocenters. The molecule has 5 heteroatoms. The summed E-state index contributed by atoms with van der Waals surface area (Å²) < 4.78 is 0. The lowest BCUT2D eigenvalue weighted by atomic mass is 10.2. The molecule has 0 aliphatic rings. The number of nitriles is 1. The van der Waals surface area contributed by atoms with E-state index in [2.05, 4.69) is 16.4 Å². The lowest BCUT2D eigenvalue weighted by molar-refractivity contribution is 0.975. The number of rotatable bonds is 5. The molecule has 0 bridgehead atoms. The Balaban J connectivity index is 2.03. The molecule has 3 nitrogen and oxygen atoms in total. The molecule has 2 rings (SSSR count). The van der Waals surface area contributed by atoms with Gasteiger partial charge in [0.05, 0.1) is 22.5 Å². The second-order valence-electron chi connectivity index (χ2n) is 3.65. The van der Waals surface area contributed by atoms with E-state index in [-0.39, 0.29) is 0 Å². The molecule has 18 heavy (non-hydrogen) atoms. The van der Waals surface area contributed by atoms with Crippen LogP contribution in [0.1, 0.15) is 11.3 Å². The van der Waals surface area contributed by atoms with Crippen molar-refractivity contribution in [2.75, 3.05) is 18.1 Å². The van der Waals surface area contributed by atoms with E-state index in [1.54, 1.807) is 23.1 Å². The van der Waals surface area contributed by atoms with E-state index < -0.39 is 0 Å². The Morgan fingerprint density at radius 1 is 1.50 bits per heavy atom. The van der Waals surface area contributed by atoms with Crippen LogP contribution in [0.3, 0.4) is 0 Å². The quantitative estimate of drug-likeness (QED) is 0.850. The molecule has 2 aromatic rings. The molecular formula is C13H13N3S2. The van der Waals surface area contributed by atoms with Crippen molar-refractivity contribution in [2.45, 2.75) is 11.3 Å². The van der Waals surface area contributed by atoms with Crippen molar-refractivity contribution in [3.63, 3.8) is 0 Å². The van der Waals surface area contributed by atoms with E-state index in [0.29, 0.717) is 0 Å². The third-order valence-corrected chi connectivity index (χ3v) is 3.95. The van der Waals surface area contributed by atoms with Crippen LogP contribution >= 0.6 is 23.1 Å². The first-order valence-corrected chi connectivity index (χ1v) is 7.70. The molecule has 1 aromatic heterocycles. The van der Waals surface area contributed by atoms with Gasteiger partial charge in [0, 0.05) is 23.2 Å². The van der Waals surface area contributed by atoms with Crippen LogP contribution in [0.25, 0.3) is 0 Å². The van der Waals surface area contributed by atoms with Gasteiger partial charge in [0.25, 0.3) is 0 Å². The predicted octanol–water partition coefficient (Wildman–Crippen LogP) is 3.39. The first kappa shape index (κ1) is 12.9. The number of thiazole rings is 1. The number of hydrogen-bond acceptors (Lipinski definition) is 5. The maximum absolute atomic E-state index is 9.20. The number of anilines is 1. The fourth-order valence-corrected chi connectivity index (χ4v) is 2.82. The number of thioether (sulfide) groups is 1. The summed E-state index contributed by atoms with van der Waals surface area (Å²) in [5, 5.41) is 14.6. The molecule has 0 aliphatic heterocycles. The zero-order valence-corrected chi connectivity index (χ0v) is 11.6. The summed E-state index contributed by atoms with van der Waals surface area (Å²) >= 11 is 3.20. The summed E-state index contributed by atoms with van der Waals surface area (Å²) in [6, 6.07) is 8.14. The largest absolute Gasteiger partial charge is 0.384 e. The first-order valence-electron chi connectivity index (χ1n) is 5.53. The SMILES string of the molecule is CSc1cccc(NCCc2cscn2)c1C#N. The molecule has 0 amide bonds. The van der Waals surface area contributed by atoms with Crippen LogP contribution in [0, 0.1) is 11.3 Å². The van der Waals surface area contributed by atoms with E-state index in [0.717, 1.165) is 34.8 Å². The fourth-order valence-electron chi connectivity index (χ4n) is 1.65.